The second-order valence-electron chi connectivity index (χ2n) is 4.52. The van der Waals surface area contributed by atoms with Crippen LogP contribution in [-0.4, -0.2) is 23.0 Å². The Balaban J connectivity index is 2.68. The van der Waals surface area contributed by atoms with E-state index in [1.165, 1.54) is 0 Å². The number of carbonyl (C=O) groups excluding carboxylic acids is 1. The summed E-state index contributed by atoms with van der Waals surface area (Å²) in [4.78, 5) is 22.5. The highest BCUT2D eigenvalue weighted by Gasteiger charge is 2.19. The van der Waals surface area contributed by atoms with Crippen molar-refractivity contribution in [1.82, 2.24) is 5.32 Å². The quantitative estimate of drug-likeness (QED) is 0.843. The highest BCUT2D eigenvalue weighted by atomic mass is 16.4. The van der Waals surface area contributed by atoms with E-state index in [1.807, 2.05) is 13.8 Å². The number of carboxylic acids is 1. The van der Waals surface area contributed by atoms with Gasteiger partial charge in [0.2, 0.25) is 0 Å². The molecule has 0 aliphatic rings. The molecule has 0 saturated heterocycles. The van der Waals surface area contributed by atoms with Gasteiger partial charge in [0.05, 0.1) is 5.56 Å². The van der Waals surface area contributed by atoms with Crippen molar-refractivity contribution in [3.63, 3.8) is 0 Å². The molecule has 0 bridgehead atoms. The molecular weight excluding hydrogens is 234 g/mol. The van der Waals surface area contributed by atoms with E-state index in [2.05, 4.69) is 5.32 Å². The minimum atomic E-state index is -0.859. The van der Waals surface area contributed by atoms with Crippen molar-refractivity contribution in [2.24, 2.45) is 0 Å². The van der Waals surface area contributed by atoms with Crippen molar-refractivity contribution < 1.29 is 19.1 Å². The number of aliphatic carboxylic acids is 1. The maximum Gasteiger partial charge on any atom is 0.303 e. The van der Waals surface area contributed by atoms with Gasteiger partial charge in [0.15, 0.2) is 0 Å². The van der Waals surface area contributed by atoms with Gasteiger partial charge in [-0.1, -0.05) is 0 Å². The largest absolute Gasteiger partial charge is 0.481 e. The Hall–Kier alpha value is -1.78. The molecule has 1 atom stereocenters. The number of hydrogen-bond acceptors (Lipinski definition) is 3. The second kappa shape index (κ2) is 5.71. The number of amides is 1. The van der Waals surface area contributed by atoms with E-state index in [4.69, 9.17) is 9.52 Å². The van der Waals surface area contributed by atoms with Gasteiger partial charge in [-0.05, 0) is 34.1 Å². The molecule has 5 nitrogen and oxygen atoms in total. The van der Waals surface area contributed by atoms with E-state index in [0.29, 0.717) is 17.7 Å². The van der Waals surface area contributed by atoms with E-state index in [0.717, 1.165) is 11.3 Å². The van der Waals surface area contributed by atoms with Crippen molar-refractivity contribution >= 4 is 11.9 Å². The molecule has 0 aliphatic carbocycles. The molecule has 1 rings (SSSR count). The van der Waals surface area contributed by atoms with Crippen LogP contribution in [-0.2, 0) is 4.79 Å². The fourth-order valence-corrected chi connectivity index (χ4v) is 1.84. The van der Waals surface area contributed by atoms with E-state index in [9.17, 15) is 9.59 Å². The Morgan fingerprint density at radius 3 is 2.33 bits per heavy atom. The summed E-state index contributed by atoms with van der Waals surface area (Å²) in [6.07, 6.45) is 0.458. The van der Waals surface area contributed by atoms with Crippen LogP contribution < -0.4 is 5.32 Å². The zero-order chi connectivity index (χ0) is 13.9. The zero-order valence-corrected chi connectivity index (χ0v) is 11.2. The number of rotatable bonds is 5. The van der Waals surface area contributed by atoms with E-state index in [1.54, 1.807) is 13.8 Å². The molecule has 0 saturated carbocycles. The minimum Gasteiger partial charge on any atom is -0.481 e. The Labute approximate surface area is 106 Å². The number of aryl methyl sites for hydroxylation is 2. The van der Waals surface area contributed by atoms with Crippen LogP contribution in [0.5, 0.6) is 0 Å². The first-order valence-corrected chi connectivity index (χ1v) is 5.92. The van der Waals surface area contributed by atoms with Gasteiger partial charge in [0.25, 0.3) is 5.91 Å². The molecule has 0 aliphatic heterocycles. The Morgan fingerprint density at radius 2 is 1.89 bits per heavy atom. The highest BCUT2D eigenvalue weighted by molar-refractivity contribution is 5.97. The molecule has 1 heterocycles. The maximum absolute atomic E-state index is 12.0. The van der Waals surface area contributed by atoms with Gasteiger partial charge < -0.3 is 14.8 Å². The summed E-state index contributed by atoms with van der Waals surface area (Å²) in [5.74, 6) is 0.256. The smallest absolute Gasteiger partial charge is 0.303 e. The first kappa shape index (κ1) is 14.3. The molecule has 1 amide bonds. The lowest BCUT2D eigenvalue weighted by Gasteiger charge is -2.12. The van der Waals surface area contributed by atoms with Crippen LogP contribution in [0.4, 0.5) is 0 Å². The van der Waals surface area contributed by atoms with Crippen molar-refractivity contribution in [3.8, 4) is 0 Å². The van der Waals surface area contributed by atoms with Crippen LogP contribution >= 0.6 is 0 Å². The molecular formula is C13H19NO4. The number of carbonyl (C=O) groups is 2. The lowest BCUT2D eigenvalue weighted by molar-refractivity contribution is -0.137. The first-order valence-electron chi connectivity index (χ1n) is 5.92. The van der Waals surface area contributed by atoms with E-state index in [-0.39, 0.29) is 18.4 Å². The molecule has 1 aromatic heterocycles. The topological polar surface area (TPSA) is 79.5 Å². The minimum absolute atomic E-state index is 0.0455. The van der Waals surface area contributed by atoms with Crippen LogP contribution in [0, 0.1) is 20.8 Å². The third-order valence-electron chi connectivity index (χ3n) is 2.96. The molecule has 5 heteroatoms. The van der Waals surface area contributed by atoms with Crippen LogP contribution in [0.3, 0.4) is 0 Å². The zero-order valence-electron chi connectivity index (χ0n) is 11.2. The van der Waals surface area contributed by atoms with Gasteiger partial charge in [-0.15, -0.1) is 0 Å². The van der Waals surface area contributed by atoms with Crippen LogP contribution in [0.25, 0.3) is 0 Å². The summed E-state index contributed by atoms with van der Waals surface area (Å²) < 4.78 is 5.39. The van der Waals surface area contributed by atoms with Gasteiger partial charge in [0, 0.05) is 18.0 Å². The predicted molar refractivity (Wildman–Crippen MR) is 66.7 cm³/mol. The maximum atomic E-state index is 12.0. The second-order valence-corrected chi connectivity index (χ2v) is 4.52. The number of hydrogen-bond donors (Lipinski definition) is 2. The molecule has 0 aromatic carbocycles. The highest BCUT2D eigenvalue weighted by Crippen LogP contribution is 2.20. The molecule has 18 heavy (non-hydrogen) atoms. The number of nitrogens with one attached hydrogen (secondary N) is 1. The van der Waals surface area contributed by atoms with Gasteiger partial charge >= 0.3 is 5.97 Å². The fraction of sp³-hybridized carbons (Fsp3) is 0.538. The molecule has 0 fully saturated rings. The van der Waals surface area contributed by atoms with Gasteiger partial charge in [-0.3, -0.25) is 9.59 Å². The Kier molecular flexibility index (Phi) is 4.53. The molecule has 2 N–H and O–H groups in total. The van der Waals surface area contributed by atoms with Crippen LogP contribution in [0.2, 0.25) is 0 Å². The first-order chi connectivity index (χ1) is 8.32. The van der Waals surface area contributed by atoms with E-state index >= 15 is 0 Å². The lowest BCUT2D eigenvalue weighted by Crippen LogP contribution is -2.33. The van der Waals surface area contributed by atoms with Gasteiger partial charge in [-0.2, -0.15) is 0 Å². The molecule has 0 spiro atoms. The fourth-order valence-electron chi connectivity index (χ4n) is 1.84. The van der Waals surface area contributed by atoms with Gasteiger partial charge in [-0.25, -0.2) is 0 Å². The monoisotopic (exact) mass is 253 g/mol. The SMILES string of the molecule is Cc1oc(C)c(C(=O)NC(C)CCC(=O)O)c1C. The summed E-state index contributed by atoms with van der Waals surface area (Å²) in [6.45, 7) is 7.19. The third-order valence-corrected chi connectivity index (χ3v) is 2.96. The van der Waals surface area contributed by atoms with Crippen molar-refractivity contribution in [1.29, 1.82) is 0 Å². The summed E-state index contributed by atoms with van der Waals surface area (Å²) >= 11 is 0. The summed E-state index contributed by atoms with van der Waals surface area (Å²) in [5.41, 5.74) is 1.38. The van der Waals surface area contributed by atoms with Gasteiger partial charge in [0.1, 0.15) is 11.5 Å². The van der Waals surface area contributed by atoms with Crippen LogP contribution in [0.15, 0.2) is 4.42 Å². The Morgan fingerprint density at radius 1 is 1.28 bits per heavy atom. The average Bonchev–Trinajstić information content (AvgIpc) is 2.50. The molecule has 0 radical (unpaired) electrons. The Bertz CT molecular complexity index is 462. The summed E-state index contributed by atoms with van der Waals surface area (Å²) in [5, 5.41) is 11.4. The predicted octanol–water partition coefficient (Wildman–Crippen LogP) is 2.19. The van der Waals surface area contributed by atoms with E-state index < -0.39 is 5.97 Å². The van der Waals surface area contributed by atoms with Crippen molar-refractivity contribution in [3.05, 3.63) is 22.6 Å². The number of carboxylic acid groups (broad SMARTS) is 1. The lowest BCUT2D eigenvalue weighted by atomic mass is 10.1. The van der Waals surface area contributed by atoms with Crippen molar-refractivity contribution in [2.45, 2.75) is 46.6 Å². The third kappa shape index (κ3) is 3.35. The molecule has 100 valence electrons. The number of furan rings is 1. The van der Waals surface area contributed by atoms with Crippen LogP contribution in [0.1, 0.15) is 47.2 Å². The average molecular weight is 253 g/mol. The molecule has 1 unspecified atom stereocenters. The molecule has 1 aromatic rings. The van der Waals surface area contributed by atoms with Crippen molar-refractivity contribution in [2.75, 3.05) is 0 Å². The standard InChI is InChI=1S/C13H19NO4/c1-7(5-6-11(15)16)14-13(17)12-8(2)9(3)18-10(12)4/h7H,5-6H2,1-4H3,(H,14,17)(H,15,16). The normalized spacial score (nSPS) is 12.2. The summed E-state index contributed by atoms with van der Waals surface area (Å²) in [6, 6.07) is -0.178. The summed E-state index contributed by atoms with van der Waals surface area (Å²) in [7, 11) is 0.